The molecule has 1 aromatic rings. The van der Waals surface area contributed by atoms with Crippen LogP contribution in [0.2, 0.25) is 0 Å². The number of hydrogen-bond acceptors (Lipinski definition) is 5. The number of carbonyl (C=O) groups is 3. The molecule has 3 N–H and O–H groups in total. The number of fused-ring (bicyclic) bond motifs is 1. The molecule has 1 saturated heterocycles. The molecule has 0 aliphatic carbocycles. The second kappa shape index (κ2) is 7.14. The van der Waals surface area contributed by atoms with Gasteiger partial charge in [0.15, 0.2) is 0 Å². The molecular formula is C17H20BrN3O5. The Morgan fingerprint density at radius 3 is 2.96 bits per heavy atom. The molecule has 140 valence electrons. The molecule has 3 amide bonds. The summed E-state index contributed by atoms with van der Waals surface area (Å²) in [4.78, 5) is 38.1. The van der Waals surface area contributed by atoms with E-state index in [2.05, 4.69) is 21.2 Å². The highest BCUT2D eigenvalue weighted by molar-refractivity contribution is 9.10. The Hall–Kier alpha value is -2.29. The van der Waals surface area contributed by atoms with E-state index in [9.17, 15) is 14.4 Å². The molecule has 2 atom stereocenters. The van der Waals surface area contributed by atoms with Crippen LogP contribution >= 0.6 is 15.9 Å². The van der Waals surface area contributed by atoms with Crippen molar-refractivity contribution in [3.05, 3.63) is 22.7 Å². The van der Waals surface area contributed by atoms with Gasteiger partial charge < -0.3 is 20.5 Å². The number of rotatable bonds is 4. The topological polar surface area (TPSA) is 111 Å². The number of halogens is 1. The first-order chi connectivity index (χ1) is 12.4. The zero-order valence-electron chi connectivity index (χ0n) is 14.3. The van der Waals surface area contributed by atoms with Crippen LogP contribution in [-0.4, -0.2) is 47.6 Å². The largest absolute Gasteiger partial charge is 0.473 e. The van der Waals surface area contributed by atoms with E-state index in [1.165, 1.54) is 4.90 Å². The van der Waals surface area contributed by atoms with Gasteiger partial charge in [0.1, 0.15) is 11.8 Å². The summed E-state index contributed by atoms with van der Waals surface area (Å²) in [7, 11) is 0. The monoisotopic (exact) mass is 425 g/mol. The molecule has 0 bridgehead atoms. The molecule has 26 heavy (non-hydrogen) atoms. The van der Waals surface area contributed by atoms with E-state index in [4.69, 9.17) is 15.2 Å². The van der Waals surface area contributed by atoms with Crippen LogP contribution in [-0.2, 0) is 14.3 Å². The van der Waals surface area contributed by atoms with Gasteiger partial charge in [0.25, 0.3) is 5.91 Å². The maximum Gasteiger partial charge on any atom is 0.410 e. The molecule has 1 fully saturated rings. The summed E-state index contributed by atoms with van der Waals surface area (Å²) in [5.74, 6) is -0.656. The predicted molar refractivity (Wildman–Crippen MR) is 96.7 cm³/mol. The summed E-state index contributed by atoms with van der Waals surface area (Å²) in [6.45, 7) is 2.11. The number of nitrogens with two attached hydrogens (primary N) is 1. The molecule has 2 aliphatic rings. The fourth-order valence-electron chi connectivity index (χ4n) is 3.12. The SMILES string of the molecule is CCCCOC(=O)N1C[C@@]2(C[C@H]1C(N)=O)Oc1cc(Br)ccc1NC2=O. The standard InChI is InChI=1S/C17H20BrN3O5/c1-2-3-6-25-16(24)21-9-17(8-12(21)14(19)22)15(23)20-11-5-4-10(18)7-13(11)26-17/h4-5,7,12H,2-3,6,8-9H2,1H3,(H2,19,22)(H,20,23)/t12-,17+/m0/s1. The number of ether oxygens (including phenoxy) is 2. The highest BCUT2D eigenvalue weighted by atomic mass is 79.9. The Labute approximate surface area is 159 Å². The number of carbonyl (C=O) groups excluding carboxylic acids is 3. The van der Waals surface area contributed by atoms with Crippen molar-refractivity contribution < 1.29 is 23.9 Å². The molecule has 1 aromatic carbocycles. The Morgan fingerprint density at radius 2 is 2.27 bits per heavy atom. The Kier molecular flexibility index (Phi) is 5.08. The van der Waals surface area contributed by atoms with Gasteiger partial charge in [-0.05, 0) is 24.6 Å². The third kappa shape index (κ3) is 3.35. The van der Waals surface area contributed by atoms with E-state index in [0.717, 1.165) is 10.9 Å². The average molecular weight is 426 g/mol. The van der Waals surface area contributed by atoms with Crippen molar-refractivity contribution in [1.29, 1.82) is 0 Å². The van der Waals surface area contributed by atoms with Gasteiger partial charge in [-0.25, -0.2) is 4.79 Å². The van der Waals surface area contributed by atoms with Crippen molar-refractivity contribution in [3.8, 4) is 5.75 Å². The molecule has 1 spiro atoms. The van der Waals surface area contributed by atoms with Gasteiger partial charge in [0.2, 0.25) is 11.5 Å². The second-order valence-corrected chi connectivity index (χ2v) is 7.32. The zero-order valence-corrected chi connectivity index (χ0v) is 15.9. The quantitative estimate of drug-likeness (QED) is 0.716. The fraction of sp³-hybridized carbons (Fsp3) is 0.471. The van der Waals surface area contributed by atoms with Crippen molar-refractivity contribution in [1.82, 2.24) is 4.90 Å². The molecule has 0 unspecified atom stereocenters. The highest BCUT2D eigenvalue weighted by Crippen LogP contribution is 2.41. The molecule has 0 saturated carbocycles. The van der Waals surface area contributed by atoms with Gasteiger partial charge in [-0.3, -0.25) is 14.5 Å². The molecule has 3 rings (SSSR count). The van der Waals surface area contributed by atoms with Crippen LogP contribution in [0, 0.1) is 0 Å². The zero-order chi connectivity index (χ0) is 18.9. The number of benzene rings is 1. The number of hydrogen-bond donors (Lipinski definition) is 2. The van der Waals surface area contributed by atoms with Crippen LogP contribution in [0.1, 0.15) is 26.2 Å². The Morgan fingerprint density at radius 1 is 1.50 bits per heavy atom. The number of nitrogens with zero attached hydrogens (tertiary/aromatic N) is 1. The minimum atomic E-state index is -1.38. The summed E-state index contributed by atoms with van der Waals surface area (Å²) >= 11 is 3.36. The summed E-state index contributed by atoms with van der Waals surface area (Å²) in [5.41, 5.74) is 4.61. The lowest BCUT2D eigenvalue weighted by Crippen LogP contribution is -2.53. The third-order valence-electron chi connectivity index (χ3n) is 4.52. The number of likely N-dealkylation sites (tertiary alicyclic amines) is 1. The predicted octanol–water partition coefficient (Wildman–Crippen LogP) is 2.02. The van der Waals surface area contributed by atoms with Gasteiger partial charge in [0, 0.05) is 10.9 Å². The first-order valence-electron chi connectivity index (χ1n) is 8.39. The minimum Gasteiger partial charge on any atom is -0.473 e. The molecule has 0 aromatic heterocycles. The molecule has 0 radical (unpaired) electrons. The smallest absolute Gasteiger partial charge is 0.410 e. The van der Waals surface area contributed by atoms with Crippen molar-refractivity contribution in [3.63, 3.8) is 0 Å². The summed E-state index contributed by atoms with van der Waals surface area (Å²) in [5, 5.41) is 2.78. The van der Waals surface area contributed by atoms with E-state index in [1.54, 1.807) is 18.2 Å². The number of nitrogens with one attached hydrogen (secondary N) is 1. The number of primary amides is 1. The van der Waals surface area contributed by atoms with E-state index >= 15 is 0 Å². The summed E-state index contributed by atoms with van der Waals surface area (Å²) in [6, 6.07) is 4.24. The maximum absolute atomic E-state index is 12.7. The van der Waals surface area contributed by atoms with Crippen LogP contribution in [0.25, 0.3) is 0 Å². The molecular weight excluding hydrogens is 406 g/mol. The van der Waals surface area contributed by atoms with Crippen molar-refractivity contribution in [2.24, 2.45) is 5.73 Å². The van der Waals surface area contributed by atoms with E-state index in [-0.39, 0.29) is 19.6 Å². The normalized spacial score (nSPS) is 24.0. The summed E-state index contributed by atoms with van der Waals surface area (Å²) in [6.07, 6.45) is 0.886. The Bertz CT molecular complexity index is 756. The van der Waals surface area contributed by atoms with E-state index < -0.39 is 29.6 Å². The molecule has 8 nitrogen and oxygen atoms in total. The third-order valence-corrected chi connectivity index (χ3v) is 5.02. The lowest BCUT2D eigenvalue weighted by molar-refractivity contribution is -0.131. The number of anilines is 1. The van der Waals surface area contributed by atoms with Gasteiger partial charge in [-0.2, -0.15) is 0 Å². The van der Waals surface area contributed by atoms with Crippen LogP contribution in [0.3, 0.4) is 0 Å². The fourth-order valence-corrected chi connectivity index (χ4v) is 3.46. The number of unbranched alkanes of at least 4 members (excludes halogenated alkanes) is 1. The lowest BCUT2D eigenvalue weighted by atomic mass is 9.96. The average Bonchev–Trinajstić information content (AvgIpc) is 2.97. The van der Waals surface area contributed by atoms with Gasteiger partial charge >= 0.3 is 6.09 Å². The second-order valence-electron chi connectivity index (χ2n) is 6.41. The molecule has 2 heterocycles. The van der Waals surface area contributed by atoms with Gasteiger partial charge in [0.05, 0.1) is 18.8 Å². The first-order valence-corrected chi connectivity index (χ1v) is 9.18. The van der Waals surface area contributed by atoms with Gasteiger partial charge in [-0.15, -0.1) is 0 Å². The van der Waals surface area contributed by atoms with Crippen LogP contribution in [0.15, 0.2) is 22.7 Å². The van der Waals surface area contributed by atoms with Crippen molar-refractivity contribution in [2.45, 2.75) is 37.8 Å². The van der Waals surface area contributed by atoms with Crippen molar-refractivity contribution >= 4 is 39.5 Å². The lowest BCUT2D eigenvalue weighted by Gasteiger charge is -2.34. The van der Waals surface area contributed by atoms with Gasteiger partial charge in [-0.1, -0.05) is 29.3 Å². The van der Waals surface area contributed by atoms with E-state index in [1.807, 2.05) is 6.92 Å². The van der Waals surface area contributed by atoms with Crippen LogP contribution < -0.4 is 15.8 Å². The van der Waals surface area contributed by atoms with Crippen LogP contribution in [0.4, 0.5) is 10.5 Å². The molecule has 2 aliphatic heterocycles. The Balaban J connectivity index is 1.85. The minimum absolute atomic E-state index is 0.0248. The van der Waals surface area contributed by atoms with Crippen LogP contribution in [0.5, 0.6) is 5.75 Å². The highest BCUT2D eigenvalue weighted by Gasteiger charge is 2.57. The number of amides is 3. The maximum atomic E-state index is 12.7. The van der Waals surface area contributed by atoms with Crippen molar-refractivity contribution in [2.75, 3.05) is 18.5 Å². The molecule has 9 heteroatoms. The first kappa shape index (κ1) is 18.5. The van der Waals surface area contributed by atoms with E-state index in [0.29, 0.717) is 17.9 Å². The summed E-state index contributed by atoms with van der Waals surface area (Å²) < 4.78 is 11.9.